The van der Waals surface area contributed by atoms with Gasteiger partial charge in [0.1, 0.15) is 0 Å². The Morgan fingerprint density at radius 1 is 1.27 bits per heavy atom. The zero-order chi connectivity index (χ0) is 22.0. The Kier molecular flexibility index (Phi) is 5.96. The van der Waals surface area contributed by atoms with Gasteiger partial charge in [0.2, 0.25) is 23.8 Å². The van der Waals surface area contributed by atoms with Crippen molar-refractivity contribution in [2.75, 3.05) is 7.11 Å². The summed E-state index contributed by atoms with van der Waals surface area (Å²) in [4.78, 5) is 38.3. The van der Waals surface area contributed by atoms with Gasteiger partial charge in [0.05, 0.1) is 12.0 Å². The summed E-state index contributed by atoms with van der Waals surface area (Å²) in [6.07, 6.45) is 2.16. The number of carbonyl (C=O) groups excluding carboxylic acids is 2. The van der Waals surface area contributed by atoms with E-state index < -0.39 is 28.7 Å². The normalized spacial score (nSPS) is 15.3. The molecule has 1 aromatic heterocycles. The van der Waals surface area contributed by atoms with E-state index in [0.717, 1.165) is 18.0 Å². The number of nitro groups is 1. The maximum atomic E-state index is 12.1. The van der Waals surface area contributed by atoms with Crippen LogP contribution in [0.1, 0.15) is 31.2 Å². The standard InChI is InChI=1S/C18H15BrN4O7/c1-9(24)22-18(12-4-13(19)8-20-7-12)30-17(21-22)11-5-14(23(26)27)16(29-10(2)25)15(6-11)28-3/h4-8,18H,1-3H3/t18-/m0/s1. The minimum absolute atomic E-state index is 0.0500. The third-order valence-electron chi connectivity index (χ3n) is 3.92. The van der Waals surface area contributed by atoms with Gasteiger partial charge in [-0.3, -0.25) is 24.7 Å². The van der Waals surface area contributed by atoms with Crippen molar-refractivity contribution in [1.29, 1.82) is 0 Å². The van der Waals surface area contributed by atoms with Crippen molar-refractivity contribution in [3.8, 4) is 11.5 Å². The number of hydrogen-bond donors (Lipinski definition) is 0. The van der Waals surface area contributed by atoms with Crippen molar-refractivity contribution >= 4 is 39.4 Å². The molecule has 1 amide bonds. The molecule has 1 atom stereocenters. The van der Waals surface area contributed by atoms with E-state index in [1.807, 2.05) is 0 Å². The van der Waals surface area contributed by atoms with Crippen LogP contribution in [0.4, 0.5) is 5.69 Å². The number of hydrogen-bond acceptors (Lipinski definition) is 9. The molecule has 0 saturated carbocycles. The predicted molar refractivity (Wildman–Crippen MR) is 106 cm³/mol. The molecule has 1 aliphatic rings. The fourth-order valence-corrected chi connectivity index (χ4v) is 3.09. The SMILES string of the molecule is COc1cc(C2=NN(C(C)=O)[C@H](c3cncc(Br)c3)O2)cc([N+](=O)[O-])c1OC(C)=O. The number of halogens is 1. The molecular weight excluding hydrogens is 464 g/mol. The molecule has 2 heterocycles. The second-order valence-electron chi connectivity index (χ2n) is 6.05. The van der Waals surface area contributed by atoms with E-state index in [4.69, 9.17) is 14.2 Å². The van der Waals surface area contributed by atoms with Crippen LogP contribution in [0, 0.1) is 10.1 Å². The molecule has 30 heavy (non-hydrogen) atoms. The highest BCUT2D eigenvalue weighted by atomic mass is 79.9. The fourth-order valence-electron chi connectivity index (χ4n) is 2.71. The van der Waals surface area contributed by atoms with Gasteiger partial charge in [-0.05, 0) is 28.1 Å². The Morgan fingerprint density at radius 3 is 2.57 bits per heavy atom. The molecule has 1 aromatic carbocycles. The van der Waals surface area contributed by atoms with E-state index in [2.05, 4.69) is 26.0 Å². The first-order valence-corrected chi connectivity index (χ1v) is 9.21. The Balaban J connectivity index is 2.07. The molecule has 0 saturated heterocycles. The predicted octanol–water partition coefficient (Wildman–Crippen LogP) is 2.93. The van der Waals surface area contributed by atoms with Gasteiger partial charge in [-0.25, -0.2) is 0 Å². The second-order valence-corrected chi connectivity index (χ2v) is 6.97. The summed E-state index contributed by atoms with van der Waals surface area (Å²) in [7, 11) is 1.27. The Hall–Kier alpha value is -3.54. The lowest BCUT2D eigenvalue weighted by atomic mass is 10.1. The van der Waals surface area contributed by atoms with E-state index in [-0.39, 0.29) is 23.0 Å². The summed E-state index contributed by atoms with van der Waals surface area (Å²) in [6, 6.07) is 4.20. The van der Waals surface area contributed by atoms with Gasteiger partial charge in [0, 0.05) is 47.9 Å². The van der Waals surface area contributed by atoms with E-state index >= 15 is 0 Å². The van der Waals surface area contributed by atoms with Gasteiger partial charge in [0.25, 0.3) is 0 Å². The lowest BCUT2D eigenvalue weighted by molar-refractivity contribution is -0.385. The first kappa shape index (κ1) is 21.2. The lowest BCUT2D eigenvalue weighted by Gasteiger charge is -2.19. The maximum Gasteiger partial charge on any atom is 0.316 e. The molecule has 11 nitrogen and oxygen atoms in total. The van der Waals surface area contributed by atoms with Gasteiger partial charge in [-0.15, -0.1) is 5.10 Å². The number of carbonyl (C=O) groups is 2. The highest BCUT2D eigenvalue weighted by Crippen LogP contribution is 2.40. The van der Waals surface area contributed by atoms with E-state index in [0.29, 0.717) is 10.0 Å². The van der Waals surface area contributed by atoms with Gasteiger partial charge in [0.15, 0.2) is 5.75 Å². The maximum absolute atomic E-state index is 12.1. The summed E-state index contributed by atoms with van der Waals surface area (Å²) in [5, 5.41) is 16.8. The quantitative estimate of drug-likeness (QED) is 0.277. The van der Waals surface area contributed by atoms with Gasteiger partial charge in [-0.2, -0.15) is 5.01 Å². The summed E-state index contributed by atoms with van der Waals surface area (Å²) in [5.41, 5.74) is 0.176. The highest BCUT2D eigenvalue weighted by Gasteiger charge is 2.35. The van der Waals surface area contributed by atoms with Crippen LogP contribution in [-0.2, 0) is 14.3 Å². The van der Waals surface area contributed by atoms with Gasteiger partial charge in [-0.1, -0.05) is 0 Å². The third-order valence-corrected chi connectivity index (χ3v) is 4.36. The van der Waals surface area contributed by atoms with Crippen LogP contribution >= 0.6 is 15.9 Å². The minimum atomic E-state index is -0.916. The molecular formula is C18H15BrN4O7. The highest BCUT2D eigenvalue weighted by molar-refractivity contribution is 9.10. The lowest BCUT2D eigenvalue weighted by Crippen LogP contribution is -2.25. The number of pyridine rings is 1. The molecule has 156 valence electrons. The molecule has 2 aromatic rings. The first-order valence-electron chi connectivity index (χ1n) is 8.42. The number of nitro benzene ring substituents is 1. The first-order chi connectivity index (χ1) is 14.2. The van der Waals surface area contributed by atoms with Crippen molar-refractivity contribution < 1.29 is 28.7 Å². The second kappa shape index (κ2) is 8.45. The number of amides is 1. The van der Waals surface area contributed by atoms with Gasteiger partial charge >= 0.3 is 11.7 Å². The molecule has 0 unspecified atom stereocenters. The van der Waals surface area contributed by atoms with E-state index in [1.54, 1.807) is 12.3 Å². The molecule has 1 aliphatic heterocycles. The van der Waals surface area contributed by atoms with Crippen molar-refractivity contribution in [2.45, 2.75) is 20.1 Å². The van der Waals surface area contributed by atoms with E-state index in [9.17, 15) is 19.7 Å². The zero-order valence-electron chi connectivity index (χ0n) is 16.0. The summed E-state index contributed by atoms with van der Waals surface area (Å²) >= 11 is 3.31. The zero-order valence-corrected chi connectivity index (χ0v) is 17.6. The number of benzene rings is 1. The summed E-state index contributed by atoms with van der Waals surface area (Å²) in [5.74, 6) is -1.61. The van der Waals surface area contributed by atoms with Crippen LogP contribution in [0.5, 0.6) is 11.5 Å². The number of aromatic nitrogens is 1. The molecule has 0 N–H and O–H groups in total. The molecule has 0 spiro atoms. The summed E-state index contributed by atoms with van der Waals surface area (Å²) < 4.78 is 16.6. The molecule has 0 radical (unpaired) electrons. The monoisotopic (exact) mass is 478 g/mol. The number of nitrogens with zero attached hydrogens (tertiary/aromatic N) is 4. The Bertz CT molecular complexity index is 1070. The third kappa shape index (κ3) is 4.22. The fraction of sp³-hybridized carbons (Fsp3) is 0.222. The van der Waals surface area contributed by atoms with Crippen molar-refractivity contribution in [3.05, 3.63) is 56.3 Å². The number of ether oxygens (including phenoxy) is 3. The van der Waals surface area contributed by atoms with Crippen molar-refractivity contribution in [1.82, 2.24) is 9.99 Å². The van der Waals surface area contributed by atoms with Gasteiger partial charge < -0.3 is 14.2 Å². The van der Waals surface area contributed by atoms with E-state index in [1.165, 1.54) is 26.3 Å². The number of hydrazone groups is 1. The van der Waals surface area contributed by atoms with Crippen LogP contribution in [0.3, 0.4) is 0 Å². The van der Waals surface area contributed by atoms with Crippen LogP contribution in [0.25, 0.3) is 0 Å². The number of methoxy groups -OCH3 is 1. The van der Waals surface area contributed by atoms with Crippen LogP contribution in [-0.4, -0.2) is 39.8 Å². The topological polar surface area (TPSA) is 133 Å². The largest absolute Gasteiger partial charge is 0.493 e. The van der Waals surface area contributed by atoms with Crippen LogP contribution in [0.2, 0.25) is 0 Å². The molecule has 0 bridgehead atoms. The average molecular weight is 479 g/mol. The molecule has 0 fully saturated rings. The van der Waals surface area contributed by atoms with Crippen molar-refractivity contribution in [2.24, 2.45) is 5.10 Å². The number of rotatable bonds is 5. The average Bonchev–Trinajstić information content (AvgIpc) is 3.13. The smallest absolute Gasteiger partial charge is 0.316 e. The van der Waals surface area contributed by atoms with Crippen LogP contribution in [0.15, 0.2) is 40.2 Å². The summed E-state index contributed by atoms with van der Waals surface area (Å²) in [6.45, 7) is 2.42. The molecule has 12 heteroatoms. The molecule has 0 aliphatic carbocycles. The number of esters is 1. The Labute approximate surface area is 178 Å². The molecule has 3 rings (SSSR count). The van der Waals surface area contributed by atoms with Crippen molar-refractivity contribution in [3.63, 3.8) is 0 Å². The Morgan fingerprint density at radius 2 is 2.00 bits per heavy atom. The van der Waals surface area contributed by atoms with Crippen LogP contribution < -0.4 is 9.47 Å². The minimum Gasteiger partial charge on any atom is -0.493 e.